The van der Waals surface area contributed by atoms with Gasteiger partial charge in [0.1, 0.15) is 6.04 Å². The lowest BCUT2D eigenvalue weighted by Gasteiger charge is -2.29. The molecule has 0 aliphatic carbocycles. The molecule has 0 radical (unpaired) electrons. The van der Waals surface area contributed by atoms with Gasteiger partial charge in [0.15, 0.2) is 0 Å². The summed E-state index contributed by atoms with van der Waals surface area (Å²) in [5.74, 6) is -0.561. The molecule has 0 bridgehead atoms. The van der Waals surface area contributed by atoms with Gasteiger partial charge in [0.25, 0.3) is 0 Å². The Morgan fingerprint density at radius 2 is 2.21 bits per heavy atom. The fourth-order valence-electron chi connectivity index (χ4n) is 2.50. The third-order valence-corrected chi connectivity index (χ3v) is 3.23. The minimum atomic E-state index is -0.735. The van der Waals surface area contributed by atoms with Crippen molar-refractivity contribution in [2.45, 2.75) is 37.8 Å². The lowest BCUT2D eigenvalue weighted by Crippen LogP contribution is -2.42. The molecule has 2 aliphatic heterocycles. The molecule has 3 unspecified atom stereocenters. The van der Waals surface area contributed by atoms with E-state index in [-0.39, 0.29) is 12.0 Å². The van der Waals surface area contributed by atoms with E-state index in [1.54, 1.807) is 0 Å². The molecule has 0 amide bonds. The summed E-state index contributed by atoms with van der Waals surface area (Å²) in [6.45, 7) is 1.61. The maximum atomic E-state index is 10.9. The molecule has 0 saturated carbocycles. The Morgan fingerprint density at radius 3 is 2.86 bits per heavy atom. The molecular weight excluding hydrogens is 182 g/mol. The Hall–Kier alpha value is -0.610. The first kappa shape index (κ1) is 9.93. The molecule has 4 nitrogen and oxygen atoms in total. The normalized spacial score (nSPS) is 38.4. The van der Waals surface area contributed by atoms with E-state index in [0.717, 1.165) is 32.4 Å². The van der Waals surface area contributed by atoms with Crippen LogP contribution in [-0.2, 0) is 9.53 Å². The molecule has 2 saturated heterocycles. The van der Waals surface area contributed by atoms with Crippen molar-refractivity contribution in [3.8, 4) is 0 Å². The highest BCUT2D eigenvalue weighted by Gasteiger charge is 2.38. The largest absolute Gasteiger partial charge is 0.480 e. The molecule has 0 spiro atoms. The summed E-state index contributed by atoms with van der Waals surface area (Å²) in [7, 11) is 0. The first-order chi connectivity index (χ1) is 6.79. The molecule has 4 heteroatoms. The van der Waals surface area contributed by atoms with Crippen LogP contribution in [0.15, 0.2) is 0 Å². The van der Waals surface area contributed by atoms with Crippen LogP contribution in [0, 0.1) is 5.92 Å². The SMILES string of the molecule is O=C(O)C1NCCC1C1CCCCO1. The van der Waals surface area contributed by atoms with Gasteiger partial charge in [-0.25, -0.2) is 0 Å². The van der Waals surface area contributed by atoms with Crippen LogP contribution in [0.3, 0.4) is 0 Å². The van der Waals surface area contributed by atoms with Crippen LogP contribution >= 0.6 is 0 Å². The van der Waals surface area contributed by atoms with E-state index in [2.05, 4.69) is 5.32 Å². The summed E-state index contributed by atoms with van der Waals surface area (Å²) in [4.78, 5) is 10.9. The first-order valence-corrected chi connectivity index (χ1v) is 5.37. The van der Waals surface area contributed by atoms with Gasteiger partial charge in [-0.15, -0.1) is 0 Å². The second-order valence-electron chi connectivity index (χ2n) is 4.13. The van der Waals surface area contributed by atoms with Gasteiger partial charge in [0.05, 0.1) is 6.10 Å². The predicted molar refractivity (Wildman–Crippen MR) is 51.1 cm³/mol. The maximum absolute atomic E-state index is 10.9. The Bertz CT molecular complexity index is 213. The third kappa shape index (κ3) is 1.91. The average Bonchev–Trinajstić information content (AvgIpc) is 2.67. The molecule has 2 rings (SSSR count). The third-order valence-electron chi connectivity index (χ3n) is 3.23. The minimum Gasteiger partial charge on any atom is -0.480 e. The van der Waals surface area contributed by atoms with E-state index in [0.29, 0.717) is 0 Å². The first-order valence-electron chi connectivity index (χ1n) is 5.37. The molecule has 0 aromatic carbocycles. The number of aliphatic carboxylic acids is 1. The monoisotopic (exact) mass is 199 g/mol. The number of carboxylic acid groups (broad SMARTS) is 1. The molecule has 2 fully saturated rings. The van der Waals surface area contributed by atoms with Crippen molar-refractivity contribution < 1.29 is 14.6 Å². The number of hydrogen-bond acceptors (Lipinski definition) is 3. The van der Waals surface area contributed by atoms with Crippen LogP contribution in [0.4, 0.5) is 0 Å². The van der Waals surface area contributed by atoms with Gasteiger partial charge in [-0.05, 0) is 32.2 Å². The summed E-state index contributed by atoms with van der Waals surface area (Å²) in [6.07, 6.45) is 4.42. The Balaban J connectivity index is 1.97. The average molecular weight is 199 g/mol. The standard InChI is InChI=1S/C10H17NO3/c12-10(13)9-7(4-5-11-9)8-3-1-2-6-14-8/h7-9,11H,1-6H2,(H,12,13). The van der Waals surface area contributed by atoms with Crippen LogP contribution in [0.25, 0.3) is 0 Å². The van der Waals surface area contributed by atoms with Gasteiger partial charge in [0, 0.05) is 12.5 Å². The number of hydrogen-bond donors (Lipinski definition) is 2. The van der Waals surface area contributed by atoms with Gasteiger partial charge < -0.3 is 15.2 Å². The second-order valence-corrected chi connectivity index (χ2v) is 4.13. The number of carbonyl (C=O) groups is 1. The van der Waals surface area contributed by atoms with E-state index in [9.17, 15) is 4.79 Å². The summed E-state index contributed by atoms with van der Waals surface area (Å²) < 4.78 is 5.64. The van der Waals surface area contributed by atoms with Gasteiger partial charge in [-0.2, -0.15) is 0 Å². The van der Waals surface area contributed by atoms with Gasteiger partial charge >= 0.3 is 5.97 Å². The van der Waals surface area contributed by atoms with Crippen molar-refractivity contribution in [2.75, 3.05) is 13.2 Å². The van der Waals surface area contributed by atoms with Gasteiger partial charge in [0.2, 0.25) is 0 Å². The molecular formula is C10H17NO3. The lowest BCUT2D eigenvalue weighted by atomic mass is 9.89. The van der Waals surface area contributed by atoms with Crippen LogP contribution in [0.5, 0.6) is 0 Å². The van der Waals surface area contributed by atoms with Crippen molar-refractivity contribution in [3.63, 3.8) is 0 Å². The summed E-state index contributed by atoms with van der Waals surface area (Å²) in [6, 6.07) is -0.391. The van der Waals surface area contributed by atoms with E-state index in [1.807, 2.05) is 0 Å². The van der Waals surface area contributed by atoms with Crippen LogP contribution in [-0.4, -0.2) is 36.4 Å². The number of ether oxygens (including phenoxy) is 1. The smallest absolute Gasteiger partial charge is 0.321 e. The number of nitrogens with one attached hydrogen (secondary N) is 1. The fraction of sp³-hybridized carbons (Fsp3) is 0.900. The molecule has 0 aromatic heterocycles. The topological polar surface area (TPSA) is 58.6 Å². The predicted octanol–water partition coefficient (Wildman–Crippen LogP) is 0.618. The summed E-state index contributed by atoms with van der Waals surface area (Å²) in [5.41, 5.74) is 0. The number of carboxylic acids is 1. The second kappa shape index (κ2) is 4.28. The summed E-state index contributed by atoms with van der Waals surface area (Å²) in [5, 5.41) is 12.0. The fourth-order valence-corrected chi connectivity index (χ4v) is 2.50. The molecule has 3 atom stereocenters. The van der Waals surface area contributed by atoms with E-state index >= 15 is 0 Å². The van der Waals surface area contributed by atoms with Crippen molar-refractivity contribution in [2.24, 2.45) is 5.92 Å². The highest BCUT2D eigenvalue weighted by atomic mass is 16.5. The van der Waals surface area contributed by atoms with Crippen LogP contribution in [0.2, 0.25) is 0 Å². The molecule has 80 valence electrons. The van der Waals surface area contributed by atoms with Gasteiger partial charge in [-0.3, -0.25) is 4.79 Å². The summed E-state index contributed by atoms with van der Waals surface area (Å²) >= 11 is 0. The maximum Gasteiger partial charge on any atom is 0.321 e. The van der Waals surface area contributed by atoms with Crippen molar-refractivity contribution in [1.82, 2.24) is 5.32 Å². The van der Waals surface area contributed by atoms with E-state index in [1.165, 1.54) is 6.42 Å². The lowest BCUT2D eigenvalue weighted by molar-refractivity contribution is -0.142. The van der Waals surface area contributed by atoms with E-state index < -0.39 is 12.0 Å². The van der Waals surface area contributed by atoms with Crippen LogP contribution < -0.4 is 5.32 Å². The zero-order valence-electron chi connectivity index (χ0n) is 8.24. The van der Waals surface area contributed by atoms with Crippen molar-refractivity contribution in [3.05, 3.63) is 0 Å². The zero-order valence-corrected chi connectivity index (χ0v) is 8.24. The van der Waals surface area contributed by atoms with Crippen molar-refractivity contribution >= 4 is 5.97 Å². The minimum absolute atomic E-state index is 0.167. The Morgan fingerprint density at radius 1 is 1.36 bits per heavy atom. The highest BCUT2D eigenvalue weighted by molar-refractivity contribution is 5.74. The van der Waals surface area contributed by atoms with Gasteiger partial charge in [-0.1, -0.05) is 0 Å². The quantitative estimate of drug-likeness (QED) is 0.684. The Kier molecular flexibility index (Phi) is 3.03. The highest BCUT2D eigenvalue weighted by Crippen LogP contribution is 2.28. The Labute approximate surface area is 83.6 Å². The number of rotatable bonds is 2. The molecule has 14 heavy (non-hydrogen) atoms. The van der Waals surface area contributed by atoms with E-state index in [4.69, 9.17) is 9.84 Å². The van der Waals surface area contributed by atoms with Crippen LogP contribution in [0.1, 0.15) is 25.7 Å². The molecule has 2 N–H and O–H groups in total. The van der Waals surface area contributed by atoms with Crippen molar-refractivity contribution in [1.29, 1.82) is 0 Å². The molecule has 0 aromatic rings. The zero-order chi connectivity index (χ0) is 9.97. The molecule has 2 aliphatic rings. The molecule has 2 heterocycles.